The summed E-state index contributed by atoms with van der Waals surface area (Å²) in [6.07, 6.45) is 3.88. The van der Waals surface area contributed by atoms with Crippen LogP contribution >= 0.6 is 0 Å². The summed E-state index contributed by atoms with van der Waals surface area (Å²) in [4.78, 5) is 11.0. The first-order chi connectivity index (χ1) is 7.76. The first-order valence-corrected chi connectivity index (χ1v) is 5.28. The van der Waals surface area contributed by atoms with Crippen molar-refractivity contribution in [3.63, 3.8) is 0 Å². The quantitative estimate of drug-likeness (QED) is 0.773. The van der Waals surface area contributed by atoms with Crippen LogP contribution in [0.5, 0.6) is 0 Å². The fourth-order valence-corrected chi connectivity index (χ4v) is 1.31. The van der Waals surface area contributed by atoms with Crippen molar-refractivity contribution in [1.29, 1.82) is 0 Å². The van der Waals surface area contributed by atoms with Gasteiger partial charge >= 0.3 is 5.97 Å². The second-order valence-electron chi connectivity index (χ2n) is 3.31. The zero-order valence-electron chi connectivity index (χ0n) is 9.35. The molecule has 0 aliphatic heterocycles. The second-order valence-corrected chi connectivity index (χ2v) is 3.31. The molecule has 86 valence electrons. The summed E-state index contributed by atoms with van der Waals surface area (Å²) in [5, 5.41) is 8.95. The average Bonchev–Trinajstić information content (AvgIpc) is 2.30. The number of ether oxygens (including phenoxy) is 1. The molecule has 0 unspecified atom stereocenters. The molecular formula is C13H16O3. The van der Waals surface area contributed by atoms with Crippen molar-refractivity contribution in [1.82, 2.24) is 0 Å². The Labute approximate surface area is 95.4 Å². The number of carbonyl (C=O) groups is 1. The number of hydrogen-bond donors (Lipinski definition) is 1. The topological polar surface area (TPSA) is 46.5 Å². The molecule has 0 saturated carbocycles. The second kappa shape index (κ2) is 6.80. The Hall–Kier alpha value is -1.61. The third-order valence-corrected chi connectivity index (χ3v) is 2.03. The standard InChI is InChI=1S/C13H16O3/c1-2-16-13(15)8-4-6-11-5-3-7-12(9-11)10-14/h3-7,9,14H,2,8,10H2,1H3. The average molecular weight is 220 g/mol. The van der Waals surface area contributed by atoms with Gasteiger partial charge in [0.15, 0.2) is 0 Å². The molecule has 1 rings (SSSR count). The number of carbonyl (C=O) groups excluding carboxylic acids is 1. The smallest absolute Gasteiger partial charge is 0.309 e. The van der Waals surface area contributed by atoms with Gasteiger partial charge in [0, 0.05) is 0 Å². The van der Waals surface area contributed by atoms with E-state index in [0.29, 0.717) is 6.61 Å². The minimum absolute atomic E-state index is 0.0273. The Morgan fingerprint density at radius 3 is 3.00 bits per heavy atom. The lowest BCUT2D eigenvalue weighted by molar-refractivity contribution is -0.142. The van der Waals surface area contributed by atoms with E-state index < -0.39 is 0 Å². The minimum atomic E-state index is -0.225. The van der Waals surface area contributed by atoms with E-state index in [2.05, 4.69) is 0 Å². The van der Waals surface area contributed by atoms with Crippen LogP contribution in [0.15, 0.2) is 30.3 Å². The van der Waals surface area contributed by atoms with Gasteiger partial charge in [-0.05, 0) is 24.1 Å². The maximum atomic E-state index is 11.0. The minimum Gasteiger partial charge on any atom is -0.466 e. The van der Waals surface area contributed by atoms with Crippen LogP contribution in [-0.4, -0.2) is 17.7 Å². The van der Waals surface area contributed by atoms with Gasteiger partial charge in [-0.2, -0.15) is 0 Å². The van der Waals surface area contributed by atoms with Crippen molar-refractivity contribution in [2.45, 2.75) is 20.0 Å². The first-order valence-electron chi connectivity index (χ1n) is 5.28. The van der Waals surface area contributed by atoms with E-state index in [1.807, 2.05) is 30.3 Å². The number of aliphatic hydroxyl groups is 1. The van der Waals surface area contributed by atoms with Crippen molar-refractivity contribution < 1.29 is 14.6 Å². The number of benzene rings is 1. The molecule has 3 nitrogen and oxygen atoms in total. The molecule has 1 aromatic carbocycles. The van der Waals surface area contributed by atoms with Gasteiger partial charge in [-0.15, -0.1) is 0 Å². The van der Waals surface area contributed by atoms with Crippen LogP contribution in [0.3, 0.4) is 0 Å². The monoisotopic (exact) mass is 220 g/mol. The molecule has 0 aliphatic carbocycles. The van der Waals surface area contributed by atoms with Gasteiger partial charge < -0.3 is 9.84 Å². The Morgan fingerprint density at radius 2 is 2.31 bits per heavy atom. The van der Waals surface area contributed by atoms with Crippen molar-refractivity contribution in [3.05, 3.63) is 41.5 Å². The number of aliphatic hydroxyl groups excluding tert-OH is 1. The Bertz CT molecular complexity index is 369. The SMILES string of the molecule is CCOC(=O)CC=Cc1cccc(CO)c1. The third kappa shape index (κ3) is 4.28. The van der Waals surface area contributed by atoms with E-state index in [0.717, 1.165) is 11.1 Å². The summed E-state index contributed by atoms with van der Waals surface area (Å²) in [5.41, 5.74) is 1.83. The fourth-order valence-electron chi connectivity index (χ4n) is 1.31. The van der Waals surface area contributed by atoms with E-state index in [4.69, 9.17) is 9.84 Å². The van der Waals surface area contributed by atoms with Gasteiger partial charge in [-0.1, -0.05) is 30.4 Å². The van der Waals surface area contributed by atoms with Gasteiger partial charge in [-0.3, -0.25) is 4.79 Å². The number of esters is 1. The molecule has 0 radical (unpaired) electrons. The molecule has 0 atom stereocenters. The highest BCUT2D eigenvalue weighted by Gasteiger charge is 1.96. The van der Waals surface area contributed by atoms with Gasteiger partial charge in [0.05, 0.1) is 19.6 Å². The highest BCUT2D eigenvalue weighted by molar-refractivity contribution is 5.72. The van der Waals surface area contributed by atoms with E-state index in [9.17, 15) is 4.79 Å². The molecule has 3 heteroatoms. The van der Waals surface area contributed by atoms with Crippen LogP contribution in [0.1, 0.15) is 24.5 Å². The Kier molecular flexibility index (Phi) is 5.29. The van der Waals surface area contributed by atoms with Gasteiger partial charge in [0.2, 0.25) is 0 Å². The normalized spacial score (nSPS) is 10.6. The molecule has 0 spiro atoms. The van der Waals surface area contributed by atoms with Crippen molar-refractivity contribution in [3.8, 4) is 0 Å². The third-order valence-electron chi connectivity index (χ3n) is 2.03. The van der Waals surface area contributed by atoms with Gasteiger partial charge in [-0.25, -0.2) is 0 Å². The number of hydrogen-bond acceptors (Lipinski definition) is 3. The molecule has 1 aromatic rings. The molecule has 0 fully saturated rings. The van der Waals surface area contributed by atoms with Gasteiger partial charge in [0.1, 0.15) is 0 Å². The predicted octanol–water partition coefficient (Wildman–Crippen LogP) is 2.15. The summed E-state index contributed by atoms with van der Waals surface area (Å²) in [6.45, 7) is 2.22. The maximum absolute atomic E-state index is 11.0. The molecule has 0 aromatic heterocycles. The van der Waals surface area contributed by atoms with E-state index in [-0.39, 0.29) is 19.0 Å². The van der Waals surface area contributed by atoms with E-state index >= 15 is 0 Å². The summed E-state index contributed by atoms with van der Waals surface area (Å²) >= 11 is 0. The van der Waals surface area contributed by atoms with Gasteiger partial charge in [0.25, 0.3) is 0 Å². The molecule has 1 N–H and O–H groups in total. The summed E-state index contributed by atoms with van der Waals surface area (Å²) < 4.78 is 4.79. The lowest BCUT2D eigenvalue weighted by atomic mass is 10.1. The lowest BCUT2D eigenvalue weighted by Gasteiger charge is -1.98. The zero-order chi connectivity index (χ0) is 11.8. The Morgan fingerprint density at radius 1 is 1.50 bits per heavy atom. The molecule has 0 bridgehead atoms. The summed E-state index contributed by atoms with van der Waals surface area (Å²) in [7, 11) is 0. The fraction of sp³-hybridized carbons (Fsp3) is 0.308. The molecular weight excluding hydrogens is 204 g/mol. The molecule has 0 saturated heterocycles. The molecule has 0 amide bonds. The molecule has 0 aliphatic rings. The van der Waals surface area contributed by atoms with E-state index in [1.54, 1.807) is 13.0 Å². The van der Waals surface area contributed by atoms with E-state index in [1.165, 1.54) is 0 Å². The van der Waals surface area contributed by atoms with Crippen LogP contribution in [0.4, 0.5) is 0 Å². The van der Waals surface area contributed by atoms with Crippen LogP contribution in [0.25, 0.3) is 6.08 Å². The van der Waals surface area contributed by atoms with Crippen molar-refractivity contribution in [2.24, 2.45) is 0 Å². The summed E-state index contributed by atoms with van der Waals surface area (Å²) in [6, 6.07) is 7.51. The van der Waals surface area contributed by atoms with Crippen LogP contribution in [0, 0.1) is 0 Å². The highest BCUT2D eigenvalue weighted by atomic mass is 16.5. The zero-order valence-corrected chi connectivity index (χ0v) is 9.35. The molecule has 16 heavy (non-hydrogen) atoms. The first kappa shape index (κ1) is 12.5. The molecule has 0 heterocycles. The highest BCUT2D eigenvalue weighted by Crippen LogP contribution is 2.07. The number of rotatable bonds is 5. The lowest BCUT2D eigenvalue weighted by Crippen LogP contribution is -2.01. The largest absolute Gasteiger partial charge is 0.466 e. The Balaban J connectivity index is 2.52. The van der Waals surface area contributed by atoms with Crippen LogP contribution in [-0.2, 0) is 16.1 Å². The predicted molar refractivity (Wildman–Crippen MR) is 62.6 cm³/mol. The maximum Gasteiger partial charge on any atom is 0.309 e. The van der Waals surface area contributed by atoms with Crippen molar-refractivity contribution in [2.75, 3.05) is 6.61 Å². The van der Waals surface area contributed by atoms with Crippen LogP contribution in [0.2, 0.25) is 0 Å². The van der Waals surface area contributed by atoms with Crippen LogP contribution < -0.4 is 0 Å². The summed E-state index contributed by atoms with van der Waals surface area (Å²) in [5.74, 6) is -0.225. The van der Waals surface area contributed by atoms with Crippen molar-refractivity contribution >= 4 is 12.0 Å².